The number of ether oxygens (including phenoxy) is 4. The third-order valence-corrected chi connectivity index (χ3v) is 20.3. The SMILES string of the molecule is CCCCCCOc1ccc(-c2ccc(C(=O)Oc3ccc4cc(-c5ccc(C6CCC(CCC)CC6)cc5)ccc4c3-c3c(OC(=O)c4ccc(-c5ccc(OCCCCCC)cc5)cc4)ccc4cc(-c5ccc(C6CCC(CCC)CC6)cc5)ccc34)cc2)cc1. The third kappa shape index (κ3) is 16.1. The largest absolute Gasteiger partial charge is 0.494 e. The lowest BCUT2D eigenvalue weighted by Crippen LogP contribution is -2.13. The van der Waals surface area contributed by atoms with Gasteiger partial charge in [0.2, 0.25) is 0 Å². The Morgan fingerprint density at radius 1 is 0.330 bits per heavy atom. The molecule has 0 spiro atoms. The lowest BCUT2D eigenvalue weighted by atomic mass is 9.77. The molecule has 12 rings (SSSR count). The predicted molar refractivity (Wildman–Crippen MR) is 390 cm³/mol. The molecule has 2 fully saturated rings. The van der Waals surface area contributed by atoms with Gasteiger partial charge in [0.05, 0.1) is 24.3 Å². The van der Waals surface area contributed by atoms with E-state index in [1.54, 1.807) is 0 Å². The van der Waals surface area contributed by atoms with Crippen LogP contribution in [0.3, 0.4) is 0 Å². The van der Waals surface area contributed by atoms with Gasteiger partial charge in [-0.1, -0.05) is 225 Å². The van der Waals surface area contributed by atoms with Crippen LogP contribution in [0, 0.1) is 11.8 Å². The monoisotopic (exact) mass is 1250 g/mol. The molecule has 0 aromatic heterocycles. The number of carbonyl (C=O) groups is 2. The Balaban J connectivity index is 0.899. The van der Waals surface area contributed by atoms with Gasteiger partial charge >= 0.3 is 11.9 Å². The van der Waals surface area contributed by atoms with Crippen molar-refractivity contribution in [3.63, 3.8) is 0 Å². The molecule has 2 aliphatic carbocycles. The Kier molecular flexibility index (Phi) is 22.2. The minimum absolute atomic E-state index is 0.350. The molecule has 6 heteroatoms. The zero-order valence-corrected chi connectivity index (χ0v) is 55.9. The van der Waals surface area contributed by atoms with Crippen LogP contribution in [0.1, 0.15) is 200 Å². The standard InChI is InChI=1S/C88H94O6/c1-5-9-11-13-57-91-79-49-41-69(42-50-79)67-33-37-73(38-34-67)87(89)93-83-55-47-77-59-75(71-29-25-65(26-30-71)63-21-17-61(15-7-3)18-22-63)45-53-81(77)85(83)86-82-54-46-76(72-31-27-66(28-32-72)64-23-19-62(16-8-4)20-24-64)60-78(82)48-56-84(86)94-88(90)74-39-35-68(36-40-74)70-43-51-80(52-44-70)92-58-14-12-10-6-2/h25-56,59-64H,5-24,57-58H2,1-4H3. The van der Waals surface area contributed by atoms with Crippen molar-refractivity contribution in [3.8, 4) is 78.6 Å². The Hall–Kier alpha value is -8.74. The highest BCUT2D eigenvalue weighted by molar-refractivity contribution is 6.12. The second-order valence-corrected chi connectivity index (χ2v) is 26.8. The number of hydrogen-bond donors (Lipinski definition) is 0. The molecular formula is C88H94O6. The van der Waals surface area contributed by atoms with Gasteiger partial charge in [-0.2, -0.15) is 0 Å². The van der Waals surface area contributed by atoms with E-state index in [4.69, 9.17) is 18.9 Å². The summed E-state index contributed by atoms with van der Waals surface area (Å²) in [4.78, 5) is 29.6. The zero-order chi connectivity index (χ0) is 64.6. The van der Waals surface area contributed by atoms with Gasteiger partial charge in [0.25, 0.3) is 0 Å². The van der Waals surface area contributed by atoms with Crippen LogP contribution in [0.2, 0.25) is 0 Å². The molecule has 0 atom stereocenters. The Labute approximate surface area is 559 Å². The molecule has 10 aromatic carbocycles. The summed E-state index contributed by atoms with van der Waals surface area (Å²) in [5.41, 5.74) is 13.4. The number of benzene rings is 10. The molecule has 2 saturated carbocycles. The predicted octanol–water partition coefficient (Wildman–Crippen LogP) is 24.8. The summed E-state index contributed by atoms with van der Waals surface area (Å²) in [7, 11) is 0. The quantitative estimate of drug-likeness (QED) is 0.0290. The average Bonchev–Trinajstić information content (AvgIpc) is 0.750. The summed E-state index contributed by atoms with van der Waals surface area (Å²) in [6.45, 7) is 10.5. The Morgan fingerprint density at radius 3 is 1.01 bits per heavy atom. The molecule has 6 nitrogen and oxygen atoms in total. The normalized spacial score (nSPS) is 16.4. The van der Waals surface area contributed by atoms with E-state index in [2.05, 4.69) is 137 Å². The van der Waals surface area contributed by atoms with Gasteiger partial charge in [-0.25, -0.2) is 9.59 Å². The molecular weight excluding hydrogens is 1150 g/mol. The van der Waals surface area contributed by atoms with Gasteiger partial charge in [0.1, 0.15) is 23.0 Å². The summed E-state index contributed by atoms with van der Waals surface area (Å²) in [5, 5.41) is 3.61. The van der Waals surface area contributed by atoms with Crippen molar-refractivity contribution in [2.45, 2.75) is 168 Å². The summed E-state index contributed by atoms with van der Waals surface area (Å²) < 4.78 is 25.4. The summed E-state index contributed by atoms with van der Waals surface area (Å²) in [6, 6.07) is 70.8. The number of rotatable bonds is 27. The van der Waals surface area contributed by atoms with E-state index in [0.29, 0.717) is 58.8 Å². The summed E-state index contributed by atoms with van der Waals surface area (Å²) in [5.74, 6) is 4.31. The van der Waals surface area contributed by atoms with Crippen LogP contribution < -0.4 is 18.9 Å². The van der Waals surface area contributed by atoms with Crippen molar-refractivity contribution >= 4 is 33.5 Å². The molecule has 10 aromatic rings. The molecule has 0 radical (unpaired) electrons. The van der Waals surface area contributed by atoms with Gasteiger partial charge in [-0.3, -0.25) is 0 Å². The van der Waals surface area contributed by atoms with E-state index in [1.165, 1.54) is 127 Å². The van der Waals surface area contributed by atoms with Crippen molar-refractivity contribution in [1.29, 1.82) is 0 Å². The van der Waals surface area contributed by atoms with Crippen molar-refractivity contribution < 1.29 is 28.5 Å². The van der Waals surface area contributed by atoms with Crippen LogP contribution in [-0.2, 0) is 0 Å². The molecule has 0 aliphatic heterocycles. The minimum Gasteiger partial charge on any atom is -0.494 e. The van der Waals surface area contributed by atoms with Crippen molar-refractivity contribution in [2.75, 3.05) is 13.2 Å². The second kappa shape index (κ2) is 31.9. The van der Waals surface area contributed by atoms with Gasteiger partial charge in [0.15, 0.2) is 0 Å². The molecule has 0 amide bonds. The first-order valence-corrected chi connectivity index (χ1v) is 35.7. The third-order valence-electron chi connectivity index (χ3n) is 20.3. The van der Waals surface area contributed by atoms with E-state index < -0.39 is 11.9 Å². The van der Waals surface area contributed by atoms with Crippen LogP contribution in [0.5, 0.6) is 23.0 Å². The van der Waals surface area contributed by atoms with Crippen LogP contribution >= 0.6 is 0 Å². The van der Waals surface area contributed by atoms with Gasteiger partial charge in [0, 0.05) is 11.1 Å². The fraction of sp³-hybridized carbons (Fsp3) is 0.341. The van der Waals surface area contributed by atoms with Gasteiger partial charge < -0.3 is 18.9 Å². The van der Waals surface area contributed by atoms with Crippen LogP contribution in [-0.4, -0.2) is 25.2 Å². The molecule has 2 aliphatic rings. The first kappa shape index (κ1) is 65.3. The minimum atomic E-state index is -0.502. The van der Waals surface area contributed by atoms with Crippen LogP contribution in [0.4, 0.5) is 0 Å². The van der Waals surface area contributed by atoms with Crippen molar-refractivity contribution in [2.24, 2.45) is 11.8 Å². The van der Waals surface area contributed by atoms with Crippen molar-refractivity contribution in [3.05, 3.63) is 229 Å². The number of esters is 2. The van der Waals surface area contributed by atoms with E-state index in [9.17, 15) is 9.59 Å². The molecule has 0 saturated heterocycles. The topological polar surface area (TPSA) is 71.1 Å². The zero-order valence-electron chi connectivity index (χ0n) is 55.9. The highest BCUT2D eigenvalue weighted by Crippen LogP contribution is 2.48. The van der Waals surface area contributed by atoms with E-state index in [1.807, 2.05) is 97.1 Å². The Morgan fingerprint density at radius 2 is 0.660 bits per heavy atom. The van der Waals surface area contributed by atoms with Gasteiger partial charge in [-0.05, 0) is 238 Å². The summed E-state index contributed by atoms with van der Waals surface area (Å²) >= 11 is 0. The highest BCUT2D eigenvalue weighted by Gasteiger charge is 2.27. The smallest absolute Gasteiger partial charge is 0.343 e. The van der Waals surface area contributed by atoms with Crippen molar-refractivity contribution in [1.82, 2.24) is 0 Å². The molecule has 482 valence electrons. The fourth-order valence-corrected chi connectivity index (χ4v) is 14.8. The lowest BCUT2D eigenvalue weighted by Gasteiger charge is -2.28. The maximum absolute atomic E-state index is 14.8. The number of fused-ring (bicyclic) bond motifs is 2. The maximum atomic E-state index is 14.8. The number of unbranched alkanes of at least 4 members (excludes halogenated alkanes) is 6. The molecule has 0 N–H and O–H groups in total. The molecule has 0 heterocycles. The average molecular weight is 1250 g/mol. The van der Waals surface area contributed by atoms with E-state index >= 15 is 0 Å². The number of carbonyl (C=O) groups excluding carboxylic acids is 2. The molecule has 0 unspecified atom stereocenters. The Bertz CT molecular complexity index is 3820. The van der Waals surface area contributed by atoms with Gasteiger partial charge in [-0.15, -0.1) is 0 Å². The first-order valence-electron chi connectivity index (χ1n) is 35.7. The lowest BCUT2D eigenvalue weighted by molar-refractivity contribution is 0.0723. The van der Waals surface area contributed by atoms with E-state index in [-0.39, 0.29) is 0 Å². The maximum Gasteiger partial charge on any atom is 0.343 e. The first-order chi connectivity index (χ1) is 46.2. The molecule has 0 bridgehead atoms. The fourth-order valence-electron chi connectivity index (χ4n) is 14.8. The second-order valence-electron chi connectivity index (χ2n) is 26.8. The highest BCUT2D eigenvalue weighted by atomic mass is 16.5. The van der Waals surface area contributed by atoms with Crippen LogP contribution in [0.25, 0.3) is 77.2 Å². The van der Waals surface area contributed by atoms with Crippen LogP contribution in [0.15, 0.2) is 206 Å². The number of hydrogen-bond acceptors (Lipinski definition) is 6. The molecule has 94 heavy (non-hydrogen) atoms. The van der Waals surface area contributed by atoms with E-state index in [0.717, 1.165) is 102 Å². The summed E-state index contributed by atoms with van der Waals surface area (Å²) in [6.07, 6.45) is 24.7.